The Morgan fingerprint density at radius 2 is 1.87 bits per heavy atom. The second kappa shape index (κ2) is 8.96. The van der Waals surface area contributed by atoms with Crippen LogP contribution in [-0.2, 0) is 17.9 Å². The average molecular weight is 313 g/mol. The molecule has 0 aromatic heterocycles. The number of carboxylic acids is 1. The van der Waals surface area contributed by atoms with E-state index in [4.69, 9.17) is 9.84 Å². The summed E-state index contributed by atoms with van der Waals surface area (Å²) in [7, 11) is 0. The van der Waals surface area contributed by atoms with E-state index >= 15 is 0 Å². The van der Waals surface area contributed by atoms with E-state index in [2.05, 4.69) is 5.32 Å². The molecule has 0 radical (unpaired) electrons. The molecule has 0 spiro atoms. The van der Waals surface area contributed by atoms with E-state index in [1.54, 1.807) is 0 Å². The number of nitrogens with one attached hydrogen (secondary N) is 1. The normalized spacial score (nSPS) is 11.9. The summed E-state index contributed by atoms with van der Waals surface area (Å²) in [6, 6.07) is 17.2. The van der Waals surface area contributed by atoms with Crippen molar-refractivity contribution in [2.24, 2.45) is 0 Å². The second-order valence-corrected chi connectivity index (χ2v) is 5.48. The van der Waals surface area contributed by atoms with Gasteiger partial charge in [0.15, 0.2) is 0 Å². The average Bonchev–Trinajstić information content (AvgIpc) is 2.58. The predicted octanol–water partition coefficient (Wildman–Crippen LogP) is 3.61. The molecule has 0 bridgehead atoms. The van der Waals surface area contributed by atoms with E-state index in [1.807, 2.05) is 61.5 Å². The molecular weight excluding hydrogens is 290 g/mol. The van der Waals surface area contributed by atoms with Crippen molar-refractivity contribution in [3.8, 4) is 5.75 Å². The van der Waals surface area contributed by atoms with Gasteiger partial charge in [0.2, 0.25) is 0 Å². The van der Waals surface area contributed by atoms with E-state index in [9.17, 15) is 4.79 Å². The van der Waals surface area contributed by atoms with Crippen LogP contribution in [0.25, 0.3) is 0 Å². The van der Waals surface area contributed by atoms with Gasteiger partial charge in [-0.25, -0.2) is 0 Å². The van der Waals surface area contributed by atoms with Crippen LogP contribution in [0.15, 0.2) is 54.6 Å². The minimum absolute atomic E-state index is 0.506. The number of carboxylic acid groups (broad SMARTS) is 1. The number of rotatable bonds is 9. The van der Waals surface area contributed by atoms with Crippen molar-refractivity contribution in [1.29, 1.82) is 0 Å². The summed E-state index contributed by atoms with van der Waals surface area (Å²) in [4.78, 5) is 11.1. The standard InChI is InChI=1S/C19H23NO3/c1-2-7-18(19(21)22)20-13-16-10-6-11-17(12-16)23-14-15-8-4-3-5-9-15/h3-6,8-12,18,20H,2,7,13-14H2,1H3,(H,21,22). The number of hydrogen-bond acceptors (Lipinski definition) is 3. The summed E-state index contributed by atoms with van der Waals surface area (Å²) >= 11 is 0. The van der Waals surface area contributed by atoms with Crippen molar-refractivity contribution in [3.05, 3.63) is 65.7 Å². The maximum atomic E-state index is 11.1. The Hall–Kier alpha value is -2.33. The molecule has 0 saturated carbocycles. The fourth-order valence-electron chi connectivity index (χ4n) is 2.33. The number of aliphatic carboxylic acids is 1. The minimum Gasteiger partial charge on any atom is -0.489 e. The van der Waals surface area contributed by atoms with Gasteiger partial charge in [0, 0.05) is 6.54 Å². The van der Waals surface area contributed by atoms with Crippen LogP contribution in [0.5, 0.6) is 5.75 Å². The van der Waals surface area contributed by atoms with Crippen molar-refractivity contribution >= 4 is 5.97 Å². The van der Waals surface area contributed by atoms with E-state index in [0.717, 1.165) is 23.3 Å². The zero-order chi connectivity index (χ0) is 16.5. The third-order valence-corrected chi connectivity index (χ3v) is 3.57. The highest BCUT2D eigenvalue weighted by atomic mass is 16.5. The molecule has 0 aliphatic rings. The van der Waals surface area contributed by atoms with Gasteiger partial charge in [-0.2, -0.15) is 0 Å². The molecule has 122 valence electrons. The SMILES string of the molecule is CCCC(NCc1cccc(OCc2ccccc2)c1)C(=O)O. The van der Waals surface area contributed by atoms with Gasteiger partial charge < -0.3 is 15.2 Å². The Bertz CT molecular complexity index is 613. The summed E-state index contributed by atoms with van der Waals surface area (Å²) in [5.74, 6) is -0.0150. The first-order chi connectivity index (χ1) is 11.2. The molecule has 4 heteroatoms. The Balaban J connectivity index is 1.90. The third-order valence-electron chi connectivity index (χ3n) is 3.57. The van der Waals surface area contributed by atoms with Crippen LogP contribution in [-0.4, -0.2) is 17.1 Å². The largest absolute Gasteiger partial charge is 0.489 e. The van der Waals surface area contributed by atoms with Crippen LogP contribution in [0.1, 0.15) is 30.9 Å². The molecule has 2 aromatic rings. The smallest absolute Gasteiger partial charge is 0.320 e. The quantitative estimate of drug-likeness (QED) is 0.742. The Morgan fingerprint density at radius 1 is 1.13 bits per heavy atom. The first kappa shape index (κ1) is 17.0. The van der Waals surface area contributed by atoms with Crippen molar-refractivity contribution in [1.82, 2.24) is 5.32 Å². The summed E-state index contributed by atoms with van der Waals surface area (Å²) < 4.78 is 5.79. The highest BCUT2D eigenvalue weighted by molar-refractivity contribution is 5.73. The maximum Gasteiger partial charge on any atom is 0.320 e. The van der Waals surface area contributed by atoms with E-state index in [-0.39, 0.29) is 0 Å². The van der Waals surface area contributed by atoms with Crippen LogP contribution < -0.4 is 10.1 Å². The zero-order valence-corrected chi connectivity index (χ0v) is 13.4. The van der Waals surface area contributed by atoms with E-state index in [0.29, 0.717) is 19.6 Å². The number of ether oxygens (including phenoxy) is 1. The highest BCUT2D eigenvalue weighted by Crippen LogP contribution is 2.15. The molecule has 2 N–H and O–H groups in total. The monoisotopic (exact) mass is 313 g/mol. The molecule has 4 nitrogen and oxygen atoms in total. The number of hydrogen-bond donors (Lipinski definition) is 2. The van der Waals surface area contributed by atoms with Crippen LogP contribution in [0.4, 0.5) is 0 Å². The van der Waals surface area contributed by atoms with E-state index < -0.39 is 12.0 Å². The Morgan fingerprint density at radius 3 is 2.57 bits per heavy atom. The molecule has 2 aromatic carbocycles. The predicted molar refractivity (Wildman–Crippen MR) is 90.4 cm³/mol. The van der Waals surface area contributed by atoms with E-state index in [1.165, 1.54) is 0 Å². The minimum atomic E-state index is -0.802. The first-order valence-corrected chi connectivity index (χ1v) is 7.91. The lowest BCUT2D eigenvalue weighted by molar-refractivity contribution is -0.139. The molecule has 1 unspecified atom stereocenters. The van der Waals surface area contributed by atoms with Crippen LogP contribution >= 0.6 is 0 Å². The molecule has 2 rings (SSSR count). The molecule has 0 fully saturated rings. The van der Waals surface area contributed by atoms with Gasteiger partial charge >= 0.3 is 5.97 Å². The lowest BCUT2D eigenvalue weighted by Crippen LogP contribution is -2.35. The number of carbonyl (C=O) groups is 1. The van der Waals surface area contributed by atoms with Gasteiger partial charge in [0.25, 0.3) is 0 Å². The second-order valence-electron chi connectivity index (χ2n) is 5.48. The van der Waals surface area contributed by atoms with Crippen molar-refractivity contribution in [2.75, 3.05) is 0 Å². The van der Waals surface area contributed by atoms with Crippen LogP contribution in [0.3, 0.4) is 0 Å². The number of benzene rings is 2. The molecule has 1 atom stereocenters. The van der Waals surface area contributed by atoms with Crippen molar-refractivity contribution in [3.63, 3.8) is 0 Å². The van der Waals surface area contributed by atoms with Gasteiger partial charge in [-0.1, -0.05) is 55.8 Å². The lowest BCUT2D eigenvalue weighted by Gasteiger charge is -2.14. The van der Waals surface area contributed by atoms with Gasteiger partial charge in [-0.15, -0.1) is 0 Å². The summed E-state index contributed by atoms with van der Waals surface area (Å²) in [5.41, 5.74) is 2.13. The molecule has 23 heavy (non-hydrogen) atoms. The van der Waals surface area contributed by atoms with Crippen LogP contribution in [0.2, 0.25) is 0 Å². The highest BCUT2D eigenvalue weighted by Gasteiger charge is 2.15. The van der Waals surface area contributed by atoms with Gasteiger partial charge in [-0.05, 0) is 29.7 Å². The molecule has 0 amide bonds. The maximum absolute atomic E-state index is 11.1. The van der Waals surface area contributed by atoms with Crippen LogP contribution in [0, 0.1) is 0 Å². The zero-order valence-electron chi connectivity index (χ0n) is 13.4. The summed E-state index contributed by atoms with van der Waals surface area (Å²) in [5, 5.41) is 12.2. The fourth-order valence-corrected chi connectivity index (χ4v) is 2.33. The fraction of sp³-hybridized carbons (Fsp3) is 0.316. The third kappa shape index (κ3) is 5.75. The summed E-state index contributed by atoms with van der Waals surface area (Å²) in [6.07, 6.45) is 1.46. The molecule has 0 saturated heterocycles. The van der Waals surface area contributed by atoms with Gasteiger partial charge in [0.1, 0.15) is 18.4 Å². The van der Waals surface area contributed by atoms with Gasteiger partial charge in [0.05, 0.1) is 0 Å². The van der Waals surface area contributed by atoms with Crippen molar-refractivity contribution in [2.45, 2.75) is 39.0 Å². The van der Waals surface area contributed by atoms with Gasteiger partial charge in [-0.3, -0.25) is 4.79 Å². The summed E-state index contributed by atoms with van der Waals surface area (Å²) in [6.45, 7) is 3.01. The first-order valence-electron chi connectivity index (χ1n) is 7.91. The molecule has 0 aliphatic heterocycles. The molecule has 0 aliphatic carbocycles. The topological polar surface area (TPSA) is 58.6 Å². The Kier molecular flexibility index (Phi) is 6.63. The molecular formula is C19H23NO3. The Labute approximate surface area is 137 Å². The lowest BCUT2D eigenvalue weighted by atomic mass is 10.1. The van der Waals surface area contributed by atoms with Crippen molar-refractivity contribution < 1.29 is 14.6 Å². The molecule has 0 heterocycles.